The Bertz CT molecular complexity index is 399. The quantitative estimate of drug-likeness (QED) is 0.812. The molecule has 0 aliphatic carbocycles. The molecule has 0 bridgehead atoms. The fourth-order valence-corrected chi connectivity index (χ4v) is 4.36. The van der Waals surface area contributed by atoms with Crippen LogP contribution in [0.2, 0.25) is 0 Å². The molecule has 5 nitrogen and oxygen atoms in total. The Kier molecular flexibility index (Phi) is 4.87. The minimum Gasteiger partial charge on any atom is -0.395 e. The molecule has 0 spiro atoms. The lowest BCUT2D eigenvalue weighted by Crippen LogP contribution is -2.45. The molecule has 2 heterocycles. The number of hydrogen-bond donors (Lipinski definition) is 1. The Labute approximate surface area is 116 Å². The first-order valence-electron chi connectivity index (χ1n) is 7.22. The molecule has 2 aliphatic heterocycles. The molecule has 6 heteroatoms. The Balaban J connectivity index is 1.92. The monoisotopic (exact) mass is 290 g/mol. The zero-order valence-electron chi connectivity index (χ0n) is 12.0. The maximum Gasteiger partial charge on any atom is 0.211 e. The zero-order valence-corrected chi connectivity index (χ0v) is 12.8. The van der Waals surface area contributed by atoms with Crippen molar-refractivity contribution in [1.82, 2.24) is 9.21 Å². The van der Waals surface area contributed by atoms with Gasteiger partial charge in [0.1, 0.15) is 0 Å². The molecule has 3 unspecified atom stereocenters. The van der Waals surface area contributed by atoms with Gasteiger partial charge < -0.3 is 5.11 Å². The molecule has 2 fully saturated rings. The van der Waals surface area contributed by atoms with E-state index in [2.05, 4.69) is 11.8 Å². The summed E-state index contributed by atoms with van der Waals surface area (Å²) in [6.07, 6.45) is 4.47. The summed E-state index contributed by atoms with van der Waals surface area (Å²) in [6.45, 7) is 5.65. The molecule has 0 radical (unpaired) electrons. The SMILES string of the molecule is CC1CCN(CC2CCCN(S(C)(=O)=O)C2)C1CO. The van der Waals surface area contributed by atoms with E-state index in [1.807, 2.05) is 0 Å². The lowest BCUT2D eigenvalue weighted by molar-refractivity contribution is 0.110. The van der Waals surface area contributed by atoms with E-state index in [-0.39, 0.29) is 12.6 Å². The van der Waals surface area contributed by atoms with Crippen molar-refractivity contribution in [3.05, 3.63) is 0 Å². The predicted molar refractivity (Wildman–Crippen MR) is 75.4 cm³/mol. The number of aliphatic hydroxyl groups is 1. The minimum absolute atomic E-state index is 0.212. The smallest absolute Gasteiger partial charge is 0.211 e. The highest BCUT2D eigenvalue weighted by atomic mass is 32.2. The van der Waals surface area contributed by atoms with Crippen LogP contribution in [0.5, 0.6) is 0 Å². The van der Waals surface area contributed by atoms with E-state index in [0.717, 1.165) is 32.4 Å². The van der Waals surface area contributed by atoms with Crippen molar-refractivity contribution in [3.8, 4) is 0 Å². The van der Waals surface area contributed by atoms with E-state index < -0.39 is 10.0 Å². The first kappa shape index (κ1) is 15.2. The molecule has 112 valence electrons. The average molecular weight is 290 g/mol. The van der Waals surface area contributed by atoms with Gasteiger partial charge in [0.15, 0.2) is 0 Å². The van der Waals surface area contributed by atoms with Gasteiger partial charge in [-0.1, -0.05) is 6.92 Å². The molecule has 0 saturated carbocycles. The normalized spacial score (nSPS) is 34.8. The Hall–Kier alpha value is -0.170. The number of piperidine rings is 1. The summed E-state index contributed by atoms with van der Waals surface area (Å²) in [7, 11) is -3.06. The molecular formula is C13H26N2O3S. The van der Waals surface area contributed by atoms with E-state index in [0.29, 0.717) is 24.9 Å². The molecule has 0 aromatic heterocycles. The molecule has 2 saturated heterocycles. The van der Waals surface area contributed by atoms with Gasteiger partial charge in [0, 0.05) is 25.7 Å². The largest absolute Gasteiger partial charge is 0.395 e. The van der Waals surface area contributed by atoms with Crippen molar-refractivity contribution in [2.24, 2.45) is 11.8 Å². The highest BCUT2D eigenvalue weighted by Gasteiger charge is 2.34. The van der Waals surface area contributed by atoms with Gasteiger partial charge >= 0.3 is 0 Å². The summed E-state index contributed by atoms with van der Waals surface area (Å²) in [5.74, 6) is 0.947. The van der Waals surface area contributed by atoms with Crippen LogP contribution in [0, 0.1) is 11.8 Å². The van der Waals surface area contributed by atoms with Gasteiger partial charge in [-0.25, -0.2) is 12.7 Å². The third-order valence-electron chi connectivity index (χ3n) is 4.63. The molecule has 2 rings (SSSR count). The Morgan fingerprint density at radius 2 is 2.00 bits per heavy atom. The van der Waals surface area contributed by atoms with Crippen molar-refractivity contribution >= 4 is 10.0 Å². The predicted octanol–water partition coefficient (Wildman–Crippen LogP) is 0.361. The standard InChI is InChI=1S/C13H26N2O3S/c1-11-5-7-14(13(11)10-16)8-12-4-3-6-15(9-12)19(2,17)18/h11-13,16H,3-10H2,1-2H3. The van der Waals surface area contributed by atoms with Crippen LogP contribution in [-0.4, -0.2) is 67.8 Å². The van der Waals surface area contributed by atoms with Gasteiger partial charge in [0.25, 0.3) is 0 Å². The fourth-order valence-electron chi connectivity index (χ4n) is 3.42. The van der Waals surface area contributed by atoms with Crippen LogP contribution in [0.1, 0.15) is 26.2 Å². The molecule has 1 N–H and O–H groups in total. The van der Waals surface area contributed by atoms with Crippen LogP contribution in [0.25, 0.3) is 0 Å². The zero-order chi connectivity index (χ0) is 14.0. The number of rotatable bonds is 4. The van der Waals surface area contributed by atoms with Gasteiger partial charge in [-0.2, -0.15) is 0 Å². The summed E-state index contributed by atoms with van der Waals surface area (Å²) in [6, 6.07) is 0.258. The third kappa shape index (κ3) is 3.68. The van der Waals surface area contributed by atoms with Gasteiger partial charge in [-0.15, -0.1) is 0 Å². The molecule has 0 aromatic rings. The van der Waals surface area contributed by atoms with E-state index in [1.165, 1.54) is 6.26 Å². The van der Waals surface area contributed by atoms with Gasteiger partial charge in [-0.05, 0) is 37.6 Å². The lowest BCUT2D eigenvalue weighted by Gasteiger charge is -2.35. The topological polar surface area (TPSA) is 60.9 Å². The fraction of sp³-hybridized carbons (Fsp3) is 1.00. The first-order chi connectivity index (χ1) is 8.91. The van der Waals surface area contributed by atoms with E-state index in [1.54, 1.807) is 4.31 Å². The molecule has 0 aromatic carbocycles. The van der Waals surface area contributed by atoms with Crippen LogP contribution in [-0.2, 0) is 10.0 Å². The Morgan fingerprint density at radius 1 is 1.26 bits per heavy atom. The number of sulfonamides is 1. The second-order valence-corrected chi connectivity index (χ2v) is 8.12. The first-order valence-corrected chi connectivity index (χ1v) is 9.06. The summed E-state index contributed by atoms with van der Waals surface area (Å²) in [4.78, 5) is 2.35. The molecule has 3 atom stereocenters. The van der Waals surface area contributed by atoms with E-state index >= 15 is 0 Å². The van der Waals surface area contributed by atoms with Crippen molar-refractivity contribution in [2.75, 3.05) is 39.0 Å². The molecule has 2 aliphatic rings. The number of nitrogens with zero attached hydrogens (tertiary/aromatic N) is 2. The summed E-state index contributed by atoms with van der Waals surface area (Å²) < 4.78 is 24.8. The van der Waals surface area contributed by atoms with Crippen molar-refractivity contribution < 1.29 is 13.5 Å². The van der Waals surface area contributed by atoms with E-state index in [4.69, 9.17) is 0 Å². The number of aliphatic hydroxyl groups excluding tert-OH is 1. The van der Waals surface area contributed by atoms with E-state index in [9.17, 15) is 13.5 Å². The van der Waals surface area contributed by atoms with Gasteiger partial charge in [0.2, 0.25) is 10.0 Å². The maximum absolute atomic E-state index is 11.6. The second-order valence-electron chi connectivity index (χ2n) is 6.14. The summed E-state index contributed by atoms with van der Waals surface area (Å²) in [5.41, 5.74) is 0. The number of likely N-dealkylation sites (tertiary alicyclic amines) is 1. The van der Waals surface area contributed by atoms with Gasteiger partial charge in [-0.3, -0.25) is 4.90 Å². The summed E-state index contributed by atoms with van der Waals surface area (Å²) >= 11 is 0. The third-order valence-corrected chi connectivity index (χ3v) is 5.90. The highest BCUT2D eigenvalue weighted by Crippen LogP contribution is 2.27. The molecule has 19 heavy (non-hydrogen) atoms. The Morgan fingerprint density at radius 3 is 2.63 bits per heavy atom. The molecule has 0 amide bonds. The molecular weight excluding hydrogens is 264 g/mol. The van der Waals surface area contributed by atoms with Crippen LogP contribution in [0.4, 0.5) is 0 Å². The number of hydrogen-bond acceptors (Lipinski definition) is 4. The van der Waals surface area contributed by atoms with Crippen LogP contribution < -0.4 is 0 Å². The van der Waals surface area contributed by atoms with Gasteiger partial charge in [0.05, 0.1) is 12.9 Å². The van der Waals surface area contributed by atoms with Crippen LogP contribution in [0.15, 0.2) is 0 Å². The van der Waals surface area contributed by atoms with Crippen molar-refractivity contribution in [2.45, 2.75) is 32.2 Å². The average Bonchev–Trinajstić information content (AvgIpc) is 2.69. The van der Waals surface area contributed by atoms with Crippen LogP contribution >= 0.6 is 0 Å². The van der Waals surface area contributed by atoms with Crippen molar-refractivity contribution in [1.29, 1.82) is 0 Å². The van der Waals surface area contributed by atoms with Crippen LogP contribution in [0.3, 0.4) is 0 Å². The second kappa shape index (κ2) is 6.08. The highest BCUT2D eigenvalue weighted by molar-refractivity contribution is 7.88. The maximum atomic E-state index is 11.6. The minimum atomic E-state index is -3.06. The summed E-state index contributed by atoms with van der Waals surface area (Å²) in [5, 5.41) is 9.47. The lowest BCUT2D eigenvalue weighted by atomic mass is 9.98. The van der Waals surface area contributed by atoms with Crippen molar-refractivity contribution in [3.63, 3.8) is 0 Å².